The van der Waals surface area contributed by atoms with Gasteiger partial charge in [-0.25, -0.2) is 0 Å². The molecule has 1 amide bonds. The topological polar surface area (TPSA) is 20.3 Å². The van der Waals surface area contributed by atoms with Crippen molar-refractivity contribution in [1.82, 2.24) is 4.90 Å². The van der Waals surface area contributed by atoms with E-state index in [9.17, 15) is 4.79 Å². The third-order valence-corrected chi connectivity index (χ3v) is 6.96. The van der Waals surface area contributed by atoms with Gasteiger partial charge in [0.2, 0.25) is 5.91 Å². The molecule has 29 heavy (non-hydrogen) atoms. The summed E-state index contributed by atoms with van der Waals surface area (Å²) in [6.45, 7) is 5.17. The molecule has 0 radical (unpaired) electrons. The molecule has 0 spiro atoms. The molecule has 0 bridgehead atoms. The normalized spacial score (nSPS) is 18.1. The van der Waals surface area contributed by atoms with E-state index in [1.807, 2.05) is 0 Å². The van der Waals surface area contributed by atoms with E-state index in [0.717, 1.165) is 37.1 Å². The van der Waals surface area contributed by atoms with Crippen LogP contribution in [0.4, 0.5) is 0 Å². The summed E-state index contributed by atoms with van der Waals surface area (Å²) in [5.41, 5.74) is 0. The molecule has 2 aliphatic rings. The van der Waals surface area contributed by atoms with Gasteiger partial charge in [0.1, 0.15) is 12.4 Å². The maximum absolute atomic E-state index is 12.1. The minimum absolute atomic E-state index is 0.337. The van der Waals surface area contributed by atoms with E-state index in [2.05, 4.69) is 35.0 Å². The van der Waals surface area contributed by atoms with Gasteiger partial charge in [-0.1, -0.05) is 95.7 Å². The lowest BCUT2D eigenvalue weighted by atomic mass is 10.0. The summed E-state index contributed by atoms with van der Waals surface area (Å²) in [4.78, 5) is 14.1. The minimum atomic E-state index is 0.337. The average molecular weight is 422 g/mol. The fourth-order valence-electron chi connectivity index (χ4n) is 4.49. The van der Waals surface area contributed by atoms with Gasteiger partial charge >= 0.3 is 0 Å². The molecule has 0 aromatic heterocycles. The van der Waals surface area contributed by atoms with E-state index in [0.29, 0.717) is 5.91 Å². The molecule has 0 saturated carbocycles. The summed E-state index contributed by atoms with van der Waals surface area (Å²) in [6, 6.07) is 0. The zero-order chi connectivity index (χ0) is 20.6. The zero-order valence-corrected chi connectivity index (χ0v) is 19.8. The van der Waals surface area contributed by atoms with Crippen LogP contribution in [-0.2, 0) is 4.79 Å². The Hall–Kier alpha value is -0.740. The summed E-state index contributed by atoms with van der Waals surface area (Å²) < 4.78 is 0.830. The quantitative estimate of drug-likeness (QED) is 0.178. The molecule has 2 rings (SSSR count). The van der Waals surface area contributed by atoms with Crippen molar-refractivity contribution in [1.29, 1.82) is 0 Å². The van der Waals surface area contributed by atoms with Crippen LogP contribution < -0.4 is 0 Å². The van der Waals surface area contributed by atoms with Crippen molar-refractivity contribution < 1.29 is 9.28 Å². The maximum Gasteiger partial charge on any atom is 0.226 e. The lowest BCUT2D eigenvalue weighted by Crippen LogP contribution is -2.48. The van der Waals surface area contributed by atoms with Gasteiger partial charge < -0.3 is 0 Å². The lowest BCUT2D eigenvalue weighted by molar-refractivity contribution is -0.838. The number of nitrogens with zero attached hydrogens (tertiary/aromatic N) is 2. The number of hydrogen-bond donors (Lipinski definition) is 0. The molecule has 166 valence electrons. The Balaban J connectivity index is 1.48. The summed E-state index contributed by atoms with van der Waals surface area (Å²) in [7, 11) is 0. The van der Waals surface area contributed by atoms with Crippen LogP contribution in [0.1, 0.15) is 110 Å². The van der Waals surface area contributed by atoms with Crippen LogP contribution in [0.5, 0.6) is 0 Å². The van der Waals surface area contributed by atoms with Crippen molar-refractivity contribution >= 4 is 17.7 Å². The van der Waals surface area contributed by atoms with Crippen molar-refractivity contribution in [3.05, 3.63) is 23.2 Å². The molecule has 1 saturated heterocycles. The highest BCUT2D eigenvalue weighted by Crippen LogP contribution is 2.25. The number of hydrogen-bond acceptors (Lipinski definition) is 2. The van der Waals surface area contributed by atoms with Crippen molar-refractivity contribution in [3.8, 4) is 0 Å². The van der Waals surface area contributed by atoms with Gasteiger partial charge in [0.15, 0.2) is 6.67 Å². The molecule has 2 heterocycles. The Morgan fingerprint density at radius 3 is 1.83 bits per heavy atom. The fourth-order valence-corrected chi connectivity index (χ4v) is 5.21. The standard InChI is InChI=1S/C25H45N2OS/c1-2-3-4-5-6-7-8-9-10-11-12-13-14-15-19-27(20-22-29-23-21-27)24-26-18-16-17-25(26)28/h20-23H,2-19,24H2,1H3/q+1. The third-order valence-electron chi connectivity index (χ3n) is 6.41. The molecule has 0 unspecified atom stereocenters. The first-order chi connectivity index (χ1) is 14.3. The molecule has 2 aliphatic heterocycles. The molecular weight excluding hydrogens is 376 g/mol. The number of thioether (sulfide) groups is 1. The highest BCUT2D eigenvalue weighted by Gasteiger charge is 2.31. The molecule has 0 aromatic rings. The monoisotopic (exact) mass is 421 g/mol. The average Bonchev–Trinajstić information content (AvgIpc) is 3.13. The molecule has 0 N–H and O–H groups in total. The van der Waals surface area contributed by atoms with E-state index >= 15 is 0 Å². The Morgan fingerprint density at radius 2 is 1.34 bits per heavy atom. The zero-order valence-electron chi connectivity index (χ0n) is 19.0. The summed E-state index contributed by atoms with van der Waals surface area (Å²) in [6.07, 6.45) is 25.9. The van der Waals surface area contributed by atoms with Crippen LogP contribution in [0.2, 0.25) is 0 Å². The molecule has 0 aliphatic carbocycles. The second-order valence-electron chi connectivity index (χ2n) is 9.03. The van der Waals surface area contributed by atoms with Crippen molar-refractivity contribution in [2.75, 3.05) is 19.8 Å². The van der Waals surface area contributed by atoms with E-state index in [1.54, 1.807) is 11.8 Å². The Morgan fingerprint density at radius 1 is 0.828 bits per heavy atom. The molecule has 4 heteroatoms. The highest BCUT2D eigenvalue weighted by molar-refractivity contribution is 8.04. The van der Waals surface area contributed by atoms with Crippen LogP contribution >= 0.6 is 11.8 Å². The van der Waals surface area contributed by atoms with E-state index in [4.69, 9.17) is 0 Å². The van der Waals surface area contributed by atoms with Gasteiger partial charge in [0.05, 0.1) is 6.54 Å². The fraction of sp³-hybridized carbons (Fsp3) is 0.800. The van der Waals surface area contributed by atoms with Crippen molar-refractivity contribution in [3.63, 3.8) is 0 Å². The number of rotatable bonds is 17. The van der Waals surface area contributed by atoms with Gasteiger partial charge in [-0.3, -0.25) is 14.2 Å². The molecule has 0 aromatic carbocycles. The lowest BCUT2D eigenvalue weighted by Gasteiger charge is -2.35. The minimum Gasteiger partial charge on any atom is -0.295 e. The van der Waals surface area contributed by atoms with Crippen LogP contribution in [0.25, 0.3) is 0 Å². The molecular formula is C25H45N2OS+. The Bertz CT molecular complexity index is 491. The van der Waals surface area contributed by atoms with E-state index < -0.39 is 0 Å². The first-order valence-corrected chi connectivity index (χ1v) is 13.4. The number of unbranched alkanes of at least 4 members (excludes halogenated alkanes) is 13. The van der Waals surface area contributed by atoms with Crippen LogP contribution in [0.15, 0.2) is 23.2 Å². The second kappa shape index (κ2) is 15.1. The number of carbonyl (C=O) groups is 1. The van der Waals surface area contributed by atoms with Crippen LogP contribution in [-0.4, -0.2) is 35.0 Å². The first-order valence-electron chi connectivity index (χ1n) is 12.4. The van der Waals surface area contributed by atoms with Gasteiger partial charge in [-0.15, -0.1) is 0 Å². The number of likely N-dealkylation sites (tertiary alicyclic amines) is 1. The third kappa shape index (κ3) is 10.2. The van der Waals surface area contributed by atoms with Gasteiger partial charge in [-0.2, -0.15) is 0 Å². The van der Waals surface area contributed by atoms with Crippen molar-refractivity contribution in [2.24, 2.45) is 0 Å². The number of amides is 1. The predicted octanol–water partition coefficient (Wildman–Crippen LogP) is 7.55. The largest absolute Gasteiger partial charge is 0.295 e. The van der Waals surface area contributed by atoms with E-state index in [1.165, 1.54) is 89.9 Å². The SMILES string of the molecule is CCCCCCCCCCCCCCCC[N+]1(CN2CCCC2=O)C=CSC=C1. The predicted molar refractivity (Wildman–Crippen MR) is 127 cm³/mol. The van der Waals surface area contributed by atoms with Gasteiger partial charge in [-0.05, 0) is 19.3 Å². The highest BCUT2D eigenvalue weighted by atomic mass is 32.2. The van der Waals surface area contributed by atoms with E-state index in [-0.39, 0.29) is 0 Å². The molecule has 0 atom stereocenters. The maximum atomic E-state index is 12.1. The van der Waals surface area contributed by atoms with Crippen molar-refractivity contribution in [2.45, 2.75) is 110 Å². The van der Waals surface area contributed by atoms with Crippen LogP contribution in [0, 0.1) is 0 Å². The smallest absolute Gasteiger partial charge is 0.226 e. The number of quaternary nitrogens is 1. The molecule has 1 fully saturated rings. The molecule has 3 nitrogen and oxygen atoms in total. The number of carbonyl (C=O) groups excluding carboxylic acids is 1. The van der Waals surface area contributed by atoms with Gasteiger partial charge in [0, 0.05) is 23.8 Å². The summed E-state index contributed by atoms with van der Waals surface area (Å²) >= 11 is 1.74. The Kier molecular flexibility index (Phi) is 12.8. The Labute approximate surface area is 184 Å². The first kappa shape index (κ1) is 24.5. The second-order valence-corrected chi connectivity index (χ2v) is 9.85. The summed E-state index contributed by atoms with van der Waals surface area (Å²) in [5, 5.41) is 4.37. The summed E-state index contributed by atoms with van der Waals surface area (Å²) in [5.74, 6) is 0.337. The van der Waals surface area contributed by atoms with Crippen LogP contribution in [0.3, 0.4) is 0 Å². The van der Waals surface area contributed by atoms with Gasteiger partial charge in [0.25, 0.3) is 0 Å².